The number of rotatable bonds is 6. The Morgan fingerprint density at radius 2 is 1.89 bits per heavy atom. The van der Waals surface area contributed by atoms with Crippen LogP contribution in [0.5, 0.6) is 5.75 Å². The van der Waals surface area contributed by atoms with Gasteiger partial charge in [-0.2, -0.15) is 0 Å². The Bertz CT molecular complexity index is 1460. The Morgan fingerprint density at radius 1 is 1.11 bits per heavy atom. The first-order valence-electron chi connectivity index (χ1n) is 10.2. The predicted molar refractivity (Wildman–Crippen MR) is 145 cm³/mol. The Hall–Kier alpha value is -3.24. The highest BCUT2D eigenvalue weighted by atomic mass is 79.9. The van der Waals surface area contributed by atoms with Crippen LogP contribution in [-0.4, -0.2) is 28.0 Å². The van der Waals surface area contributed by atoms with E-state index in [4.69, 9.17) is 40.2 Å². The van der Waals surface area contributed by atoms with Gasteiger partial charge < -0.3 is 9.84 Å². The molecule has 0 aliphatic carbocycles. The number of hydrogen-bond acceptors (Lipinski definition) is 5. The van der Waals surface area contributed by atoms with E-state index in [-0.39, 0.29) is 28.5 Å². The fourth-order valence-corrected chi connectivity index (χ4v) is 4.61. The summed E-state index contributed by atoms with van der Waals surface area (Å²) in [4.78, 5) is 38.2. The van der Waals surface area contributed by atoms with Gasteiger partial charge in [0.15, 0.2) is 5.11 Å². The molecule has 1 aliphatic heterocycles. The van der Waals surface area contributed by atoms with Crippen molar-refractivity contribution in [1.29, 1.82) is 0 Å². The molecule has 2 amide bonds. The molecular formula is C25H15BrCl2N2O5S. The van der Waals surface area contributed by atoms with Crippen molar-refractivity contribution in [2.24, 2.45) is 0 Å². The van der Waals surface area contributed by atoms with Crippen LogP contribution < -0.4 is 15.0 Å². The number of hydrogen-bond donors (Lipinski definition) is 2. The fourth-order valence-electron chi connectivity index (χ4n) is 3.35. The highest BCUT2D eigenvalue weighted by molar-refractivity contribution is 9.10. The van der Waals surface area contributed by atoms with Crippen molar-refractivity contribution in [2.75, 3.05) is 4.90 Å². The molecule has 36 heavy (non-hydrogen) atoms. The summed E-state index contributed by atoms with van der Waals surface area (Å²) in [6, 6.07) is 15.9. The number of ether oxygens (including phenoxy) is 1. The zero-order valence-electron chi connectivity index (χ0n) is 18.1. The lowest BCUT2D eigenvalue weighted by Crippen LogP contribution is -2.54. The lowest BCUT2D eigenvalue weighted by atomic mass is 10.1. The third kappa shape index (κ3) is 5.60. The van der Waals surface area contributed by atoms with Gasteiger partial charge in [-0.1, -0.05) is 41.4 Å². The molecule has 7 nitrogen and oxygen atoms in total. The fraction of sp³-hybridized carbons (Fsp3) is 0.0400. The van der Waals surface area contributed by atoms with Gasteiger partial charge in [-0.15, -0.1) is 0 Å². The van der Waals surface area contributed by atoms with Gasteiger partial charge in [0.1, 0.15) is 17.9 Å². The molecule has 1 saturated heterocycles. The number of carboxylic acid groups (broad SMARTS) is 1. The molecule has 0 atom stereocenters. The largest absolute Gasteiger partial charge is 0.488 e. The third-order valence-electron chi connectivity index (χ3n) is 5.12. The molecule has 0 aromatic heterocycles. The SMILES string of the molecule is O=C1NC(=S)N(c2cccc(C(=O)O)c2)C(=O)C1=Cc1ccc(OCc2ccc(Cl)cc2Cl)c(Br)c1. The molecule has 1 fully saturated rings. The Labute approximate surface area is 229 Å². The summed E-state index contributed by atoms with van der Waals surface area (Å²) in [5.74, 6) is -1.97. The van der Waals surface area contributed by atoms with E-state index in [0.29, 0.717) is 25.8 Å². The van der Waals surface area contributed by atoms with Crippen LogP contribution in [0.3, 0.4) is 0 Å². The summed E-state index contributed by atoms with van der Waals surface area (Å²) < 4.78 is 6.43. The van der Waals surface area contributed by atoms with Gasteiger partial charge in [0.25, 0.3) is 11.8 Å². The normalized spacial score (nSPS) is 14.7. The van der Waals surface area contributed by atoms with Crippen LogP contribution in [0.4, 0.5) is 5.69 Å². The van der Waals surface area contributed by atoms with Gasteiger partial charge in [0, 0.05) is 15.6 Å². The number of nitrogens with zero attached hydrogens (tertiary/aromatic N) is 1. The van der Waals surface area contributed by atoms with Crippen LogP contribution in [0.25, 0.3) is 6.08 Å². The molecular weight excluding hydrogens is 591 g/mol. The molecule has 3 aromatic carbocycles. The number of halogens is 3. The van der Waals surface area contributed by atoms with Gasteiger partial charge in [-0.3, -0.25) is 19.8 Å². The number of carboxylic acids is 1. The quantitative estimate of drug-likeness (QED) is 0.207. The van der Waals surface area contributed by atoms with Crippen molar-refractivity contribution in [2.45, 2.75) is 6.61 Å². The molecule has 0 bridgehead atoms. The van der Waals surface area contributed by atoms with Crippen molar-refractivity contribution in [3.8, 4) is 5.75 Å². The summed E-state index contributed by atoms with van der Waals surface area (Å²) in [5, 5.41) is 12.6. The molecule has 1 heterocycles. The Morgan fingerprint density at radius 3 is 2.58 bits per heavy atom. The van der Waals surface area contributed by atoms with Crippen LogP contribution in [-0.2, 0) is 16.2 Å². The molecule has 3 aromatic rings. The maximum absolute atomic E-state index is 13.2. The highest BCUT2D eigenvalue weighted by Gasteiger charge is 2.34. The summed E-state index contributed by atoms with van der Waals surface area (Å²) in [6.45, 7) is 0.206. The van der Waals surface area contributed by atoms with Crippen molar-refractivity contribution in [3.05, 3.63) is 97.4 Å². The molecule has 0 radical (unpaired) electrons. The molecule has 0 spiro atoms. The molecule has 11 heteroatoms. The van der Waals surface area contributed by atoms with Crippen LogP contribution in [0, 0.1) is 0 Å². The van der Waals surface area contributed by atoms with E-state index in [1.54, 1.807) is 36.4 Å². The van der Waals surface area contributed by atoms with Crippen molar-refractivity contribution >= 4 is 86.0 Å². The molecule has 0 unspecified atom stereocenters. The minimum absolute atomic E-state index is 0.0232. The minimum atomic E-state index is -1.16. The zero-order chi connectivity index (χ0) is 26.0. The van der Waals surface area contributed by atoms with E-state index in [2.05, 4.69) is 21.2 Å². The summed E-state index contributed by atoms with van der Waals surface area (Å²) in [7, 11) is 0. The Kier molecular flexibility index (Phi) is 7.75. The number of aromatic carboxylic acids is 1. The van der Waals surface area contributed by atoms with Gasteiger partial charge in [-0.05, 0) is 82.3 Å². The van der Waals surface area contributed by atoms with E-state index in [0.717, 1.165) is 10.5 Å². The average molecular weight is 606 g/mol. The standard InChI is InChI=1S/C25H15BrCl2N2O5S/c26-19-9-13(4-7-21(19)35-12-15-5-6-16(27)11-20(15)28)8-18-22(31)29-25(36)30(23(18)32)17-3-1-2-14(10-17)24(33)34/h1-11H,12H2,(H,33,34)(H,29,31,36). The molecule has 182 valence electrons. The summed E-state index contributed by atoms with van der Waals surface area (Å²) >= 11 is 20.7. The predicted octanol–water partition coefficient (Wildman–Crippen LogP) is 5.86. The average Bonchev–Trinajstić information content (AvgIpc) is 2.82. The number of carbonyl (C=O) groups excluding carboxylic acids is 2. The van der Waals surface area contributed by atoms with Crippen molar-refractivity contribution in [3.63, 3.8) is 0 Å². The number of amides is 2. The number of benzene rings is 3. The lowest BCUT2D eigenvalue weighted by molar-refractivity contribution is -0.122. The number of nitrogens with one attached hydrogen (secondary N) is 1. The first-order valence-corrected chi connectivity index (χ1v) is 12.2. The molecule has 0 saturated carbocycles. The van der Waals surface area contributed by atoms with Crippen LogP contribution >= 0.6 is 51.3 Å². The molecule has 1 aliphatic rings. The monoisotopic (exact) mass is 604 g/mol. The van der Waals surface area contributed by atoms with Gasteiger partial charge in [-0.25, -0.2) is 4.79 Å². The van der Waals surface area contributed by atoms with Crippen molar-refractivity contribution < 1.29 is 24.2 Å². The van der Waals surface area contributed by atoms with E-state index < -0.39 is 17.8 Å². The second kappa shape index (κ2) is 10.8. The van der Waals surface area contributed by atoms with E-state index in [1.165, 1.54) is 30.3 Å². The van der Waals surface area contributed by atoms with Gasteiger partial charge in [0.05, 0.1) is 15.7 Å². The first-order chi connectivity index (χ1) is 17.1. The number of anilines is 1. The second-order valence-electron chi connectivity index (χ2n) is 7.53. The summed E-state index contributed by atoms with van der Waals surface area (Å²) in [5.41, 5.74) is 1.33. The van der Waals surface area contributed by atoms with Gasteiger partial charge in [0.2, 0.25) is 0 Å². The van der Waals surface area contributed by atoms with Gasteiger partial charge >= 0.3 is 5.97 Å². The first kappa shape index (κ1) is 25.8. The maximum Gasteiger partial charge on any atom is 0.335 e. The number of carbonyl (C=O) groups is 3. The van der Waals surface area contributed by atoms with Crippen LogP contribution in [0.2, 0.25) is 10.0 Å². The maximum atomic E-state index is 13.2. The van der Waals surface area contributed by atoms with E-state index in [9.17, 15) is 19.5 Å². The van der Waals surface area contributed by atoms with E-state index in [1.807, 2.05) is 0 Å². The third-order valence-corrected chi connectivity index (χ3v) is 6.61. The highest BCUT2D eigenvalue weighted by Crippen LogP contribution is 2.30. The number of thiocarbonyl (C=S) groups is 1. The van der Waals surface area contributed by atoms with Crippen molar-refractivity contribution in [1.82, 2.24) is 5.32 Å². The van der Waals surface area contributed by atoms with E-state index >= 15 is 0 Å². The molecule has 2 N–H and O–H groups in total. The van der Waals surface area contributed by atoms with Crippen LogP contribution in [0.1, 0.15) is 21.5 Å². The van der Waals surface area contributed by atoms with Crippen LogP contribution in [0.15, 0.2) is 70.7 Å². The molecule has 4 rings (SSSR count). The topological polar surface area (TPSA) is 95.9 Å². The zero-order valence-corrected chi connectivity index (χ0v) is 22.0. The Balaban J connectivity index is 1.57. The minimum Gasteiger partial charge on any atom is -0.488 e. The summed E-state index contributed by atoms with van der Waals surface area (Å²) in [6.07, 6.45) is 1.41. The lowest BCUT2D eigenvalue weighted by Gasteiger charge is -2.29. The second-order valence-corrected chi connectivity index (χ2v) is 9.61. The smallest absolute Gasteiger partial charge is 0.335 e.